The molecule has 5 nitrogen and oxygen atoms in total. The first-order chi connectivity index (χ1) is 14.5. The summed E-state index contributed by atoms with van der Waals surface area (Å²) in [5.74, 6) is -0.606. The number of likely N-dealkylation sites (N-methyl/N-ethyl adjacent to an activating group) is 1. The number of aliphatic imine (C=N–C) groups is 1. The molecule has 3 rings (SSSR count). The van der Waals surface area contributed by atoms with Crippen molar-refractivity contribution < 1.29 is 31.5 Å². The van der Waals surface area contributed by atoms with Gasteiger partial charge in [0.15, 0.2) is 11.5 Å². The van der Waals surface area contributed by atoms with Crippen molar-refractivity contribution in [3.05, 3.63) is 65.2 Å². The number of rotatable bonds is 7. The number of ether oxygens (including phenoxy) is 1. The van der Waals surface area contributed by atoms with Gasteiger partial charge in [0.1, 0.15) is 5.75 Å². The highest BCUT2D eigenvalue weighted by Gasteiger charge is 2.49. The molecule has 166 valence electrons. The van der Waals surface area contributed by atoms with Gasteiger partial charge < -0.3 is 10.5 Å². The quantitative estimate of drug-likeness (QED) is 0.655. The van der Waals surface area contributed by atoms with Crippen LogP contribution >= 0.6 is 0 Å². The van der Waals surface area contributed by atoms with Gasteiger partial charge in [-0.05, 0) is 41.7 Å². The van der Waals surface area contributed by atoms with Crippen LogP contribution in [0.2, 0.25) is 0 Å². The Kier molecular flexibility index (Phi) is 6.19. The summed E-state index contributed by atoms with van der Waals surface area (Å²) in [6, 6.07) is 12.0. The largest absolute Gasteiger partial charge is 0.435 e. The minimum absolute atomic E-state index is 0.0413. The molecule has 0 radical (unpaired) electrons. The number of aryl methyl sites for hydroxylation is 1. The van der Waals surface area contributed by atoms with Crippen LogP contribution in [0.25, 0.3) is 0 Å². The van der Waals surface area contributed by atoms with Crippen molar-refractivity contribution >= 4 is 11.9 Å². The van der Waals surface area contributed by atoms with Gasteiger partial charge in [0.2, 0.25) is 0 Å². The summed E-state index contributed by atoms with van der Waals surface area (Å²) < 4.78 is 66.7. The Labute approximate surface area is 175 Å². The molecule has 0 saturated heterocycles. The molecule has 0 aliphatic carbocycles. The first-order valence-corrected chi connectivity index (χ1v) is 9.38. The topological polar surface area (TPSA) is 67.9 Å². The molecule has 2 aromatic carbocycles. The highest BCUT2D eigenvalue weighted by molar-refractivity contribution is 6.08. The smallest absolute Gasteiger partial charge is 0.389 e. The lowest BCUT2D eigenvalue weighted by atomic mass is 9.82. The molecule has 2 N–H and O–H groups in total. The van der Waals surface area contributed by atoms with Gasteiger partial charge in [-0.15, -0.1) is 0 Å². The molecule has 1 aliphatic rings. The van der Waals surface area contributed by atoms with Crippen LogP contribution in [0.4, 0.5) is 22.0 Å². The summed E-state index contributed by atoms with van der Waals surface area (Å²) in [6.07, 6.45) is -5.10. The van der Waals surface area contributed by atoms with Crippen LogP contribution in [0.15, 0.2) is 53.5 Å². The Hall–Kier alpha value is -3.17. The van der Waals surface area contributed by atoms with Gasteiger partial charge >= 0.3 is 12.8 Å². The number of hydrogen-bond donors (Lipinski definition) is 1. The van der Waals surface area contributed by atoms with Gasteiger partial charge in [0.25, 0.3) is 5.91 Å². The van der Waals surface area contributed by atoms with E-state index in [1.807, 2.05) is 0 Å². The van der Waals surface area contributed by atoms with E-state index in [1.54, 1.807) is 24.3 Å². The van der Waals surface area contributed by atoms with E-state index < -0.39 is 30.7 Å². The summed E-state index contributed by atoms with van der Waals surface area (Å²) in [6.45, 7) is -3.00. The third-order valence-corrected chi connectivity index (χ3v) is 5.01. The highest BCUT2D eigenvalue weighted by Crippen LogP contribution is 2.40. The summed E-state index contributed by atoms with van der Waals surface area (Å²) in [4.78, 5) is 18.7. The van der Waals surface area contributed by atoms with Gasteiger partial charge in [-0.3, -0.25) is 9.69 Å². The number of alkyl halides is 5. The second-order valence-electron chi connectivity index (χ2n) is 7.12. The SMILES string of the molecule is CN1C(=O)C(c2ccc(OC(F)F)cc2)(c2cccc(CCCC(F)(F)F)c2)N=C1N. The predicted molar refractivity (Wildman–Crippen MR) is 104 cm³/mol. The second-order valence-corrected chi connectivity index (χ2v) is 7.12. The zero-order valence-corrected chi connectivity index (χ0v) is 16.5. The molecule has 1 unspecified atom stereocenters. The predicted octanol–water partition coefficient (Wildman–Crippen LogP) is 4.20. The van der Waals surface area contributed by atoms with Gasteiger partial charge in [0.05, 0.1) is 0 Å². The van der Waals surface area contributed by atoms with Crippen LogP contribution in [0, 0.1) is 0 Å². The third-order valence-electron chi connectivity index (χ3n) is 5.01. The number of nitrogens with two attached hydrogens (primary N) is 1. The number of amides is 1. The average molecular weight is 441 g/mol. The summed E-state index contributed by atoms with van der Waals surface area (Å²) >= 11 is 0. The molecule has 1 atom stereocenters. The number of hydrogen-bond acceptors (Lipinski definition) is 4. The molecule has 0 aromatic heterocycles. The first-order valence-electron chi connectivity index (χ1n) is 9.38. The number of nitrogens with zero attached hydrogens (tertiary/aromatic N) is 2. The van der Waals surface area contributed by atoms with Gasteiger partial charge in [0, 0.05) is 13.5 Å². The maximum Gasteiger partial charge on any atom is 0.389 e. The van der Waals surface area contributed by atoms with E-state index in [2.05, 4.69) is 9.73 Å². The summed E-state index contributed by atoms with van der Waals surface area (Å²) in [5, 5.41) is 0. The fourth-order valence-electron chi connectivity index (χ4n) is 3.51. The van der Waals surface area contributed by atoms with Gasteiger partial charge in [-0.1, -0.05) is 36.4 Å². The van der Waals surface area contributed by atoms with Crippen LogP contribution in [0.1, 0.15) is 29.5 Å². The molecule has 1 aliphatic heterocycles. The fourth-order valence-corrected chi connectivity index (χ4v) is 3.51. The first kappa shape index (κ1) is 22.5. The zero-order valence-electron chi connectivity index (χ0n) is 16.5. The molecule has 0 fully saturated rings. The number of carbonyl (C=O) groups is 1. The minimum atomic E-state index is -4.25. The summed E-state index contributed by atoms with van der Waals surface area (Å²) in [7, 11) is 1.45. The normalized spacial score (nSPS) is 19.1. The monoisotopic (exact) mass is 441 g/mol. The van der Waals surface area contributed by atoms with Gasteiger partial charge in [-0.25, -0.2) is 4.99 Å². The van der Waals surface area contributed by atoms with Crippen LogP contribution in [0.5, 0.6) is 5.75 Å². The standard InChI is InChI=1S/C21H20F5N3O2/c1-29-17(30)21(28-19(29)27,14-7-9-16(10-8-14)31-18(22)23)15-6-2-4-13(12-15)5-3-11-20(24,25)26/h2,4,6-10,12,18H,3,5,11H2,1H3,(H2,27,28). The Bertz CT molecular complexity index is 976. The Morgan fingerprint density at radius 3 is 2.35 bits per heavy atom. The van der Waals surface area contributed by atoms with Crippen molar-refractivity contribution in [3.8, 4) is 5.75 Å². The van der Waals surface area contributed by atoms with Crippen LogP contribution in [-0.4, -0.2) is 36.6 Å². The van der Waals surface area contributed by atoms with Crippen molar-refractivity contribution in [2.75, 3.05) is 7.05 Å². The van der Waals surface area contributed by atoms with Crippen molar-refractivity contribution in [2.24, 2.45) is 10.7 Å². The van der Waals surface area contributed by atoms with E-state index in [1.165, 1.54) is 36.2 Å². The van der Waals surface area contributed by atoms with E-state index >= 15 is 0 Å². The molecule has 10 heteroatoms. The Morgan fingerprint density at radius 1 is 1.13 bits per heavy atom. The van der Waals surface area contributed by atoms with E-state index in [4.69, 9.17) is 5.73 Å². The number of benzene rings is 2. The maximum absolute atomic E-state index is 13.2. The molecule has 0 spiro atoms. The van der Waals surface area contributed by atoms with Crippen LogP contribution in [-0.2, 0) is 16.8 Å². The molecule has 0 bridgehead atoms. The van der Waals surface area contributed by atoms with Crippen LogP contribution < -0.4 is 10.5 Å². The fraction of sp³-hybridized carbons (Fsp3) is 0.333. The molecular formula is C21H20F5N3O2. The van der Waals surface area contributed by atoms with E-state index in [0.717, 1.165) is 0 Å². The second kappa shape index (κ2) is 8.52. The lowest BCUT2D eigenvalue weighted by Crippen LogP contribution is -2.41. The number of guanidine groups is 1. The average Bonchev–Trinajstić information content (AvgIpc) is 2.92. The van der Waals surface area contributed by atoms with Crippen molar-refractivity contribution in [2.45, 2.75) is 37.6 Å². The lowest BCUT2D eigenvalue weighted by molar-refractivity contribution is -0.135. The van der Waals surface area contributed by atoms with Crippen LogP contribution in [0.3, 0.4) is 0 Å². The van der Waals surface area contributed by atoms with Crippen molar-refractivity contribution in [1.29, 1.82) is 0 Å². The highest BCUT2D eigenvalue weighted by atomic mass is 19.4. The lowest BCUT2D eigenvalue weighted by Gasteiger charge is -2.26. The van der Waals surface area contributed by atoms with Gasteiger partial charge in [-0.2, -0.15) is 22.0 Å². The van der Waals surface area contributed by atoms with Crippen molar-refractivity contribution in [3.63, 3.8) is 0 Å². The zero-order chi connectivity index (χ0) is 22.8. The number of carbonyl (C=O) groups excluding carboxylic acids is 1. The molecule has 1 amide bonds. The van der Waals surface area contributed by atoms with E-state index in [9.17, 15) is 26.7 Å². The van der Waals surface area contributed by atoms with E-state index in [0.29, 0.717) is 16.7 Å². The molecule has 2 aromatic rings. The molecule has 31 heavy (non-hydrogen) atoms. The molecule has 1 heterocycles. The summed E-state index contributed by atoms with van der Waals surface area (Å²) in [5.41, 5.74) is 5.69. The van der Waals surface area contributed by atoms with Crippen molar-refractivity contribution in [1.82, 2.24) is 4.90 Å². The third kappa shape index (κ3) is 4.78. The minimum Gasteiger partial charge on any atom is -0.435 e. The molecule has 0 saturated carbocycles. The Balaban J connectivity index is 2.00. The maximum atomic E-state index is 13.2. The molecular weight excluding hydrogens is 421 g/mol. The Morgan fingerprint density at radius 2 is 1.81 bits per heavy atom. The van der Waals surface area contributed by atoms with E-state index in [-0.39, 0.29) is 24.6 Å². The number of halogens is 5.